The van der Waals surface area contributed by atoms with Crippen molar-refractivity contribution in [3.8, 4) is 0 Å². The minimum absolute atomic E-state index is 0.481. The van der Waals surface area contributed by atoms with Gasteiger partial charge in [0, 0.05) is 11.2 Å². The van der Waals surface area contributed by atoms with E-state index >= 15 is 0 Å². The first-order chi connectivity index (χ1) is 16.5. The standard InChI is InChI=1S/C26H31N3O4S/c30-25(29-33)23-13-21-11-10-19(12-22(21)34-23)15-27-14-17-6-8-18(9-7-17)16-28-24(26(31)32)20-4-2-1-3-5-20/h1-5,10-13,17-18,24,27-28,33H,6-9,14-16H2,(H,29,30)(H,31,32)/t17?,18?,24-/m0/s1. The van der Waals surface area contributed by atoms with Crippen molar-refractivity contribution in [3.63, 3.8) is 0 Å². The van der Waals surface area contributed by atoms with E-state index in [0.717, 1.165) is 61.0 Å². The normalized spacial score (nSPS) is 19.1. The molecule has 180 valence electrons. The largest absolute Gasteiger partial charge is 0.480 e. The van der Waals surface area contributed by atoms with Crippen LogP contribution in [0.4, 0.5) is 0 Å². The number of carbonyl (C=O) groups excluding carboxylic acids is 1. The third-order valence-corrected chi connectivity index (χ3v) is 7.73. The molecule has 5 N–H and O–H groups in total. The zero-order valence-corrected chi connectivity index (χ0v) is 19.8. The summed E-state index contributed by atoms with van der Waals surface area (Å²) in [5.41, 5.74) is 3.65. The van der Waals surface area contributed by atoms with Crippen LogP contribution < -0.4 is 16.1 Å². The van der Waals surface area contributed by atoms with E-state index in [4.69, 9.17) is 5.21 Å². The van der Waals surface area contributed by atoms with Gasteiger partial charge in [-0.05, 0) is 79.3 Å². The maximum atomic E-state index is 11.7. The number of carboxylic acid groups (broad SMARTS) is 1. The summed E-state index contributed by atoms with van der Waals surface area (Å²) in [7, 11) is 0. The van der Waals surface area contributed by atoms with Gasteiger partial charge in [0.2, 0.25) is 0 Å². The molecule has 1 fully saturated rings. The summed E-state index contributed by atoms with van der Waals surface area (Å²) in [4.78, 5) is 23.8. The summed E-state index contributed by atoms with van der Waals surface area (Å²) in [6.45, 7) is 2.46. The third kappa shape index (κ3) is 6.21. The second-order valence-electron chi connectivity index (χ2n) is 9.03. The van der Waals surface area contributed by atoms with Crippen molar-refractivity contribution in [2.45, 2.75) is 38.3 Å². The van der Waals surface area contributed by atoms with Crippen LogP contribution in [-0.4, -0.2) is 35.3 Å². The summed E-state index contributed by atoms with van der Waals surface area (Å²) < 4.78 is 1.03. The molecule has 1 saturated carbocycles. The zero-order chi connectivity index (χ0) is 23.9. The lowest BCUT2D eigenvalue weighted by molar-refractivity contribution is -0.139. The van der Waals surface area contributed by atoms with E-state index in [1.165, 1.54) is 16.9 Å². The predicted octanol–water partition coefficient (Wildman–Crippen LogP) is 4.33. The Morgan fingerprint density at radius 2 is 1.68 bits per heavy atom. The first-order valence-corrected chi connectivity index (χ1v) is 12.5. The molecule has 0 saturated heterocycles. The van der Waals surface area contributed by atoms with Gasteiger partial charge in [-0.2, -0.15) is 0 Å². The lowest BCUT2D eigenvalue weighted by Crippen LogP contribution is -2.35. The fourth-order valence-electron chi connectivity index (χ4n) is 4.69. The molecule has 0 unspecified atom stereocenters. The van der Waals surface area contributed by atoms with Crippen LogP contribution >= 0.6 is 11.3 Å². The highest BCUT2D eigenvalue weighted by Crippen LogP contribution is 2.29. The fraction of sp³-hybridized carbons (Fsp3) is 0.385. The van der Waals surface area contributed by atoms with Gasteiger partial charge in [-0.3, -0.25) is 14.8 Å². The number of amides is 1. The van der Waals surface area contributed by atoms with Crippen LogP contribution in [0.3, 0.4) is 0 Å². The maximum Gasteiger partial charge on any atom is 0.325 e. The molecule has 0 radical (unpaired) electrons. The maximum absolute atomic E-state index is 11.7. The van der Waals surface area contributed by atoms with Crippen molar-refractivity contribution in [1.82, 2.24) is 16.1 Å². The molecule has 1 atom stereocenters. The Morgan fingerprint density at radius 3 is 2.35 bits per heavy atom. The van der Waals surface area contributed by atoms with Crippen molar-refractivity contribution < 1.29 is 19.9 Å². The molecule has 34 heavy (non-hydrogen) atoms. The molecule has 0 spiro atoms. The highest BCUT2D eigenvalue weighted by molar-refractivity contribution is 7.20. The van der Waals surface area contributed by atoms with Crippen LogP contribution in [0.25, 0.3) is 10.1 Å². The first-order valence-electron chi connectivity index (χ1n) is 11.7. The highest BCUT2D eigenvalue weighted by atomic mass is 32.1. The summed E-state index contributed by atoms with van der Waals surface area (Å²) in [6.07, 6.45) is 4.51. The van der Waals surface area contributed by atoms with Gasteiger partial charge in [-0.1, -0.05) is 42.5 Å². The number of aliphatic carboxylic acids is 1. The summed E-state index contributed by atoms with van der Waals surface area (Å²) >= 11 is 1.37. The molecule has 1 aliphatic rings. The molecule has 0 bridgehead atoms. The predicted molar refractivity (Wildman–Crippen MR) is 133 cm³/mol. The Morgan fingerprint density at radius 1 is 0.971 bits per heavy atom. The van der Waals surface area contributed by atoms with E-state index in [0.29, 0.717) is 16.7 Å². The number of carbonyl (C=O) groups is 2. The highest BCUT2D eigenvalue weighted by Gasteiger charge is 2.24. The van der Waals surface area contributed by atoms with Crippen molar-refractivity contribution >= 4 is 33.3 Å². The van der Waals surface area contributed by atoms with E-state index in [1.807, 2.05) is 36.4 Å². The van der Waals surface area contributed by atoms with E-state index in [-0.39, 0.29) is 0 Å². The molecule has 4 rings (SSSR count). The number of hydrogen-bond donors (Lipinski definition) is 5. The van der Waals surface area contributed by atoms with Gasteiger partial charge in [-0.25, -0.2) is 5.48 Å². The average Bonchev–Trinajstić information content (AvgIpc) is 3.28. The number of rotatable bonds is 10. The Hall–Kier alpha value is -2.78. The molecule has 1 aromatic heterocycles. The minimum Gasteiger partial charge on any atom is -0.480 e. The van der Waals surface area contributed by atoms with E-state index in [9.17, 15) is 14.7 Å². The molecule has 2 aromatic carbocycles. The topological polar surface area (TPSA) is 111 Å². The Labute approximate surface area is 203 Å². The van der Waals surface area contributed by atoms with E-state index in [2.05, 4.69) is 22.8 Å². The molecule has 1 aliphatic carbocycles. The smallest absolute Gasteiger partial charge is 0.325 e. The second-order valence-corrected chi connectivity index (χ2v) is 10.1. The third-order valence-electron chi connectivity index (χ3n) is 6.63. The monoisotopic (exact) mass is 481 g/mol. The van der Waals surface area contributed by atoms with Crippen LogP contribution in [0.1, 0.15) is 52.5 Å². The molecule has 7 nitrogen and oxygen atoms in total. The van der Waals surface area contributed by atoms with E-state index in [1.54, 1.807) is 11.5 Å². The summed E-state index contributed by atoms with van der Waals surface area (Å²) in [5.74, 6) is -0.178. The molecular weight excluding hydrogens is 450 g/mol. The number of benzene rings is 2. The lowest BCUT2D eigenvalue weighted by Gasteiger charge is -2.29. The second kappa shape index (κ2) is 11.6. The van der Waals surface area contributed by atoms with E-state index < -0.39 is 17.9 Å². The van der Waals surface area contributed by atoms with Crippen molar-refractivity contribution in [1.29, 1.82) is 0 Å². The number of nitrogens with one attached hydrogen (secondary N) is 3. The molecule has 0 aliphatic heterocycles. The van der Waals surface area contributed by atoms with Gasteiger partial charge >= 0.3 is 5.97 Å². The average molecular weight is 482 g/mol. The van der Waals surface area contributed by atoms with Crippen molar-refractivity contribution in [2.75, 3.05) is 13.1 Å². The quantitative estimate of drug-likeness (QED) is 0.218. The Kier molecular flexibility index (Phi) is 8.29. The van der Waals surface area contributed by atoms with Crippen LogP contribution in [0.5, 0.6) is 0 Å². The minimum atomic E-state index is -0.835. The molecule has 3 aromatic rings. The van der Waals surface area contributed by atoms with Crippen LogP contribution in [0.15, 0.2) is 54.6 Å². The van der Waals surface area contributed by atoms with Crippen LogP contribution in [0, 0.1) is 11.8 Å². The summed E-state index contributed by atoms with van der Waals surface area (Å²) in [5, 5.41) is 26.2. The number of carboxylic acids is 1. The van der Waals surface area contributed by atoms with Crippen LogP contribution in [0.2, 0.25) is 0 Å². The molecule has 1 heterocycles. The SMILES string of the molecule is O=C(NO)c1cc2ccc(CNCC3CCC(CN[C@H](C(=O)O)c4ccccc4)CC3)cc2s1. The number of thiophene rings is 1. The van der Waals surface area contributed by atoms with Gasteiger partial charge in [0.05, 0.1) is 4.88 Å². The Bertz CT molecular complexity index is 1110. The number of fused-ring (bicyclic) bond motifs is 1. The fourth-order valence-corrected chi connectivity index (χ4v) is 5.71. The summed E-state index contributed by atoms with van der Waals surface area (Å²) in [6, 6.07) is 16.6. The van der Waals surface area contributed by atoms with Crippen molar-refractivity contribution in [2.24, 2.45) is 11.8 Å². The van der Waals surface area contributed by atoms with Gasteiger partial charge in [-0.15, -0.1) is 11.3 Å². The Balaban J connectivity index is 1.19. The van der Waals surface area contributed by atoms with Gasteiger partial charge in [0.15, 0.2) is 0 Å². The lowest BCUT2D eigenvalue weighted by atomic mass is 9.81. The van der Waals surface area contributed by atoms with Crippen LogP contribution in [-0.2, 0) is 11.3 Å². The number of hydroxylamine groups is 1. The molecule has 8 heteroatoms. The van der Waals surface area contributed by atoms with Gasteiger partial charge < -0.3 is 15.7 Å². The van der Waals surface area contributed by atoms with Crippen molar-refractivity contribution in [3.05, 3.63) is 70.6 Å². The number of hydrogen-bond acceptors (Lipinski definition) is 6. The zero-order valence-electron chi connectivity index (χ0n) is 19.0. The molecule has 1 amide bonds. The van der Waals surface area contributed by atoms with Gasteiger partial charge in [0.25, 0.3) is 5.91 Å². The first kappa shape index (κ1) is 24.3. The molecular formula is C26H31N3O4S. The van der Waals surface area contributed by atoms with Gasteiger partial charge in [0.1, 0.15) is 6.04 Å².